The molecule has 0 aromatic carbocycles. The summed E-state index contributed by atoms with van der Waals surface area (Å²) in [5.41, 5.74) is 2.35. The number of halogens is 1. The monoisotopic (exact) mass is 280 g/mol. The van der Waals surface area contributed by atoms with E-state index in [9.17, 15) is 0 Å². The van der Waals surface area contributed by atoms with Crippen molar-refractivity contribution in [1.29, 1.82) is 0 Å². The van der Waals surface area contributed by atoms with Gasteiger partial charge in [-0.05, 0) is 52.9 Å². The van der Waals surface area contributed by atoms with Gasteiger partial charge in [0.15, 0.2) is 0 Å². The van der Waals surface area contributed by atoms with Crippen molar-refractivity contribution in [3.05, 3.63) is 22.2 Å². The van der Waals surface area contributed by atoms with Gasteiger partial charge in [-0.25, -0.2) is 9.97 Å². The summed E-state index contributed by atoms with van der Waals surface area (Å²) in [6.07, 6.45) is 4.45. The third-order valence-corrected chi connectivity index (χ3v) is 4.58. The smallest absolute Gasteiger partial charge is 0.148 e. The first-order valence-electron chi connectivity index (χ1n) is 7.09. The fourth-order valence-electron chi connectivity index (χ4n) is 3.10. The van der Waals surface area contributed by atoms with Crippen LogP contribution < -0.4 is 0 Å². The van der Waals surface area contributed by atoms with Gasteiger partial charge in [0.05, 0.1) is 6.04 Å². The number of fused-ring (bicyclic) bond motifs is 1. The van der Waals surface area contributed by atoms with Crippen LogP contribution in [0.2, 0.25) is 5.15 Å². The first-order chi connectivity index (χ1) is 9.15. The summed E-state index contributed by atoms with van der Waals surface area (Å²) < 4.78 is 0. The van der Waals surface area contributed by atoms with E-state index in [4.69, 9.17) is 16.6 Å². The van der Waals surface area contributed by atoms with Gasteiger partial charge in [0, 0.05) is 17.8 Å². The molecule has 4 nitrogen and oxygen atoms in total. The number of hydrogen-bond donors (Lipinski definition) is 0. The van der Waals surface area contributed by atoms with E-state index in [-0.39, 0.29) is 6.04 Å². The Bertz CT molecular complexity index is 477. The normalized spacial score (nSPS) is 25.3. The molecular weight excluding hydrogens is 260 g/mol. The van der Waals surface area contributed by atoms with Crippen LogP contribution in [0.5, 0.6) is 0 Å². The molecule has 1 aliphatic heterocycles. The molecule has 1 fully saturated rings. The molecule has 1 atom stereocenters. The van der Waals surface area contributed by atoms with Crippen molar-refractivity contribution >= 4 is 11.6 Å². The summed E-state index contributed by atoms with van der Waals surface area (Å²) in [7, 11) is 4.33. The summed E-state index contributed by atoms with van der Waals surface area (Å²) in [6.45, 7) is 3.21. The van der Waals surface area contributed by atoms with Crippen LogP contribution in [-0.4, -0.2) is 53.5 Å². The minimum Gasteiger partial charge on any atom is -0.304 e. The SMILES string of the molecule is CN1CCCN(C)C(c2nc(Cl)c3c(n2)CCC3)C1. The summed E-state index contributed by atoms with van der Waals surface area (Å²) in [5.74, 6) is 0.905. The van der Waals surface area contributed by atoms with E-state index in [0.29, 0.717) is 5.15 Å². The summed E-state index contributed by atoms with van der Waals surface area (Å²) in [6, 6.07) is 0.260. The topological polar surface area (TPSA) is 32.3 Å². The first kappa shape index (κ1) is 13.3. The van der Waals surface area contributed by atoms with Crippen LogP contribution in [0.15, 0.2) is 0 Å². The second-order valence-electron chi connectivity index (χ2n) is 5.76. The van der Waals surface area contributed by atoms with Gasteiger partial charge < -0.3 is 4.90 Å². The van der Waals surface area contributed by atoms with Crippen molar-refractivity contribution in [2.45, 2.75) is 31.7 Å². The molecule has 5 heteroatoms. The van der Waals surface area contributed by atoms with E-state index in [1.807, 2.05) is 0 Å². The van der Waals surface area contributed by atoms with Crippen LogP contribution in [0.1, 0.15) is 36.0 Å². The number of rotatable bonds is 1. The molecule has 19 heavy (non-hydrogen) atoms. The van der Waals surface area contributed by atoms with Crippen LogP contribution in [0.4, 0.5) is 0 Å². The van der Waals surface area contributed by atoms with Crippen LogP contribution in [-0.2, 0) is 12.8 Å². The van der Waals surface area contributed by atoms with E-state index in [2.05, 4.69) is 28.9 Å². The Morgan fingerprint density at radius 2 is 1.95 bits per heavy atom. The van der Waals surface area contributed by atoms with Gasteiger partial charge in [0.25, 0.3) is 0 Å². The second kappa shape index (κ2) is 5.35. The van der Waals surface area contributed by atoms with E-state index >= 15 is 0 Å². The molecule has 0 bridgehead atoms. The third kappa shape index (κ3) is 2.62. The quantitative estimate of drug-likeness (QED) is 0.736. The molecule has 1 aromatic heterocycles. The lowest BCUT2D eigenvalue weighted by Crippen LogP contribution is -2.32. The highest BCUT2D eigenvalue weighted by Gasteiger charge is 2.27. The summed E-state index contributed by atoms with van der Waals surface area (Å²) >= 11 is 6.34. The molecule has 0 amide bonds. The lowest BCUT2D eigenvalue weighted by Gasteiger charge is -2.26. The van der Waals surface area contributed by atoms with E-state index in [0.717, 1.165) is 44.7 Å². The Morgan fingerprint density at radius 3 is 2.79 bits per heavy atom. The summed E-state index contributed by atoms with van der Waals surface area (Å²) in [4.78, 5) is 14.1. The maximum atomic E-state index is 6.34. The van der Waals surface area contributed by atoms with Crippen molar-refractivity contribution in [3.8, 4) is 0 Å². The first-order valence-corrected chi connectivity index (χ1v) is 7.47. The maximum Gasteiger partial charge on any atom is 0.148 e. The zero-order chi connectivity index (χ0) is 13.4. The zero-order valence-corrected chi connectivity index (χ0v) is 12.4. The number of nitrogens with zero attached hydrogens (tertiary/aromatic N) is 4. The van der Waals surface area contributed by atoms with Gasteiger partial charge in [-0.1, -0.05) is 11.6 Å². The van der Waals surface area contributed by atoms with Gasteiger partial charge in [0.2, 0.25) is 0 Å². The average Bonchev–Trinajstić information content (AvgIpc) is 2.77. The highest BCUT2D eigenvalue weighted by Crippen LogP contribution is 2.29. The molecular formula is C14H21ClN4. The molecule has 1 unspecified atom stereocenters. The molecule has 0 radical (unpaired) electrons. The predicted octanol–water partition coefficient (Wildman–Crippen LogP) is 1.93. The molecule has 3 rings (SSSR count). The van der Waals surface area contributed by atoms with E-state index in [1.165, 1.54) is 17.7 Å². The second-order valence-corrected chi connectivity index (χ2v) is 6.12. The lowest BCUT2D eigenvalue weighted by atomic mass is 10.2. The highest BCUT2D eigenvalue weighted by molar-refractivity contribution is 6.30. The van der Waals surface area contributed by atoms with Crippen molar-refractivity contribution in [2.24, 2.45) is 0 Å². The number of hydrogen-bond acceptors (Lipinski definition) is 4. The molecule has 0 saturated carbocycles. The minimum absolute atomic E-state index is 0.260. The molecule has 0 spiro atoms. The molecule has 1 saturated heterocycles. The Labute approximate surface area is 119 Å². The van der Waals surface area contributed by atoms with Crippen molar-refractivity contribution in [1.82, 2.24) is 19.8 Å². The fourth-order valence-corrected chi connectivity index (χ4v) is 3.39. The number of aryl methyl sites for hydroxylation is 1. The maximum absolute atomic E-state index is 6.34. The molecule has 104 valence electrons. The van der Waals surface area contributed by atoms with Crippen molar-refractivity contribution in [3.63, 3.8) is 0 Å². The van der Waals surface area contributed by atoms with Crippen molar-refractivity contribution < 1.29 is 0 Å². The summed E-state index contributed by atoms with van der Waals surface area (Å²) in [5, 5.41) is 0.679. The van der Waals surface area contributed by atoms with E-state index in [1.54, 1.807) is 0 Å². The molecule has 2 aliphatic rings. The lowest BCUT2D eigenvalue weighted by molar-refractivity contribution is 0.219. The highest BCUT2D eigenvalue weighted by atomic mass is 35.5. The molecule has 1 aliphatic carbocycles. The van der Waals surface area contributed by atoms with Crippen LogP contribution in [0, 0.1) is 0 Å². The van der Waals surface area contributed by atoms with Crippen LogP contribution >= 0.6 is 11.6 Å². The Morgan fingerprint density at radius 1 is 1.11 bits per heavy atom. The van der Waals surface area contributed by atoms with Gasteiger partial charge in [-0.3, -0.25) is 4.90 Å². The van der Waals surface area contributed by atoms with Crippen LogP contribution in [0.25, 0.3) is 0 Å². The Balaban J connectivity index is 1.94. The standard InChI is InChI=1S/C14H21ClN4/c1-18-7-4-8-19(2)12(9-18)14-16-11-6-3-5-10(11)13(15)17-14/h12H,3-9H2,1-2H3. The Kier molecular flexibility index (Phi) is 3.74. The van der Waals surface area contributed by atoms with Crippen molar-refractivity contribution in [2.75, 3.05) is 33.7 Å². The average molecular weight is 281 g/mol. The molecule has 1 aromatic rings. The molecule has 0 N–H and O–H groups in total. The number of aromatic nitrogens is 2. The number of likely N-dealkylation sites (N-methyl/N-ethyl adjacent to an activating group) is 2. The molecule has 2 heterocycles. The van der Waals surface area contributed by atoms with Gasteiger partial charge in [-0.15, -0.1) is 0 Å². The third-order valence-electron chi connectivity index (χ3n) is 4.27. The predicted molar refractivity (Wildman–Crippen MR) is 76.6 cm³/mol. The fraction of sp³-hybridized carbons (Fsp3) is 0.714. The van der Waals surface area contributed by atoms with Gasteiger partial charge in [0.1, 0.15) is 11.0 Å². The largest absolute Gasteiger partial charge is 0.304 e. The van der Waals surface area contributed by atoms with E-state index < -0.39 is 0 Å². The van der Waals surface area contributed by atoms with Gasteiger partial charge >= 0.3 is 0 Å². The van der Waals surface area contributed by atoms with Gasteiger partial charge in [-0.2, -0.15) is 0 Å². The minimum atomic E-state index is 0.260. The zero-order valence-electron chi connectivity index (χ0n) is 11.7. The van der Waals surface area contributed by atoms with Crippen LogP contribution in [0.3, 0.4) is 0 Å². The Hall–Kier alpha value is -0.710.